The topological polar surface area (TPSA) is 35.5 Å². The molecular weight excluding hydrogens is 295 g/mol. The summed E-state index contributed by atoms with van der Waals surface area (Å²) in [5.41, 5.74) is 0.801. The molecule has 1 fully saturated rings. The van der Waals surface area contributed by atoms with Gasteiger partial charge in [-0.15, -0.1) is 0 Å². The zero-order valence-electron chi connectivity index (χ0n) is 11.8. The normalized spacial score (nSPS) is 21.9. The van der Waals surface area contributed by atoms with Crippen LogP contribution in [0, 0.1) is 0 Å². The maximum atomic E-state index is 10.2. The molecule has 2 N–H and O–H groups in total. The van der Waals surface area contributed by atoms with Crippen molar-refractivity contribution in [1.82, 2.24) is 10.2 Å². The smallest absolute Gasteiger partial charge is 0.0915 e. The van der Waals surface area contributed by atoms with Crippen LogP contribution in [0.5, 0.6) is 0 Å². The van der Waals surface area contributed by atoms with Crippen molar-refractivity contribution < 1.29 is 5.11 Å². The molecule has 112 valence electrons. The Hall–Kier alpha value is -0.320. The largest absolute Gasteiger partial charge is 0.387 e. The number of nitrogens with zero attached hydrogens (tertiary/aromatic N) is 1. The zero-order valence-corrected chi connectivity index (χ0v) is 13.3. The van der Waals surface area contributed by atoms with Gasteiger partial charge in [-0.1, -0.05) is 36.2 Å². The first kappa shape index (κ1) is 16.1. The predicted octanol–water partition coefficient (Wildman–Crippen LogP) is 3.10. The number of aliphatic hydroxyl groups excluding tert-OH is 1. The fourth-order valence-corrected chi connectivity index (χ4v) is 2.93. The molecule has 1 aliphatic rings. The summed E-state index contributed by atoms with van der Waals surface area (Å²) in [4.78, 5) is 2.44. The van der Waals surface area contributed by atoms with Crippen molar-refractivity contribution in [2.24, 2.45) is 0 Å². The van der Waals surface area contributed by atoms with Crippen LogP contribution >= 0.6 is 23.2 Å². The lowest BCUT2D eigenvalue weighted by atomic mass is 10.0. The summed E-state index contributed by atoms with van der Waals surface area (Å²) < 4.78 is 0. The van der Waals surface area contributed by atoms with Crippen molar-refractivity contribution in [3.63, 3.8) is 0 Å². The van der Waals surface area contributed by atoms with Gasteiger partial charge in [0.1, 0.15) is 0 Å². The molecule has 0 bridgehead atoms. The average Bonchev–Trinajstić information content (AvgIpc) is 2.47. The van der Waals surface area contributed by atoms with Crippen LogP contribution in [0.15, 0.2) is 18.2 Å². The Balaban J connectivity index is 1.85. The fraction of sp³-hybridized carbons (Fsp3) is 0.600. The number of halogens is 2. The molecule has 1 heterocycles. The maximum absolute atomic E-state index is 10.2. The molecule has 2 rings (SSSR count). The summed E-state index contributed by atoms with van der Waals surface area (Å²) >= 11 is 11.9. The number of likely N-dealkylation sites (tertiary alicyclic amines) is 1. The minimum atomic E-state index is -0.554. The van der Waals surface area contributed by atoms with Gasteiger partial charge in [0, 0.05) is 19.1 Å². The monoisotopic (exact) mass is 316 g/mol. The highest BCUT2D eigenvalue weighted by atomic mass is 35.5. The first-order valence-corrected chi connectivity index (χ1v) is 7.94. The SMILES string of the molecule is CCN1CCCC(NC[C@@H](O)c2ccc(Cl)c(Cl)c2)C1. The lowest BCUT2D eigenvalue weighted by Crippen LogP contribution is -2.46. The van der Waals surface area contributed by atoms with Crippen LogP contribution in [-0.4, -0.2) is 42.2 Å². The highest BCUT2D eigenvalue weighted by molar-refractivity contribution is 6.42. The van der Waals surface area contributed by atoms with Crippen LogP contribution in [0.4, 0.5) is 0 Å². The lowest BCUT2D eigenvalue weighted by Gasteiger charge is -2.32. The summed E-state index contributed by atoms with van der Waals surface area (Å²) in [6.45, 7) is 6.06. The van der Waals surface area contributed by atoms with E-state index < -0.39 is 6.10 Å². The fourth-order valence-electron chi connectivity index (χ4n) is 2.63. The van der Waals surface area contributed by atoms with E-state index in [0.29, 0.717) is 22.6 Å². The van der Waals surface area contributed by atoms with Crippen LogP contribution in [0.25, 0.3) is 0 Å². The molecule has 1 aliphatic heterocycles. The lowest BCUT2D eigenvalue weighted by molar-refractivity contribution is 0.149. The molecule has 20 heavy (non-hydrogen) atoms. The Bertz CT molecular complexity index is 442. The summed E-state index contributed by atoms with van der Waals surface area (Å²) in [7, 11) is 0. The van der Waals surface area contributed by atoms with Crippen molar-refractivity contribution in [2.45, 2.75) is 31.9 Å². The highest BCUT2D eigenvalue weighted by Gasteiger charge is 2.19. The van der Waals surface area contributed by atoms with Crippen LogP contribution < -0.4 is 5.32 Å². The molecular formula is C15H22Cl2N2O. The predicted molar refractivity (Wildman–Crippen MR) is 84.6 cm³/mol. The summed E-state index contributed by atoms with van der Waals surface area (Å²) in [6, 6.07) is 5.73. The van der Waals surface area contributed by atoms with Gasteiger partial charge in [0.05, 0.1) is 16.1 Å². The molecule has 5 heteroatoms. The number of hydrogen-bond donors (Lipinski definition) is 2. The third-order valence-corrected chi connectivity index (χ3v) is 4.62. The van der Waals surface area contributed by atoms with Gasteiger partial charge in [-0.05, 0) is 43.6 Å². The number of aliphatic hydroxyl groups is 1. The number of benzene rings is 1. The van der Waals surface area contributed by atoms with Gasteiger partial charge in [-0.3, -0.25) is 0 Å². The Kier molecular flexibility index (Phi) is 6.12. The van der Waals surface area contributed by atoms with Crippen molar-refractivity contribution in [1.29, 1.82) is 0 Å². The second-order valence-electron chi connectivity index (χ2n) is 5.33. The van der Waals surface area contributed by atoms with E-state index in [-0.39, 0.29) is 0 Å². The van der Waals surface area contributed by atoms with E-state index in [1.165, 1.54) is 19.4 Å². The van der Waals surface area contributed by atoms with E-state index in [9.17, 15) is 5.11 Å². The minimum absolute atomic E-state index is 0.459. The Morgan fingerprint density at radius 3 is 2.90 bits per heavy atom. The van der Waals surface area contributed by atoms with Gasteiger partial charge < -0.3 is 15.3 Å². The van der Waals surface area contributed by atoms with Crippen molar-refractivity contribution >= 4 is 23.2 Å². The molecule has 1 unspecified atom stereocenters. The molecule has 0 aromatic heterocycles. The maximum Gasteiger partial charge on any atom is 0.0915 e. The molecule has 3 nitrogen and oxygen atoms in total. The summed E-state index contributed by atoms with van der Waals surface area (Å²) in [6.07, 6.45) is 1.83. The molecule has 1 aromatic carbocycles. The van der Waals surface area contributed by atoms with Crippen LogP contribution in [0.1, 0.15) is 31.4 Å². The number of nitrogens with one attached hydrogen (secondary N) is 1. The summed E-state index contributed by atoms with van der Waals surface area (Å²) in [5, 5.41) is 14.7. The Morgan fingerprint density at radius 2 is 2.20 bits per heavy atom. The van der Waals surface area contributed by atoms with E-state index >= 15 is 0 Å². The number of hydrogen-bond acceptors (Lipinski definition) is 3. The van der Waals surface area contributed by atoms with Crippen LogP contribution in [0.2, 0.25) is 10.0 Å². The third-order valence-electron chi connectivity index (χ3n) is 3.88. The van der Waals surface area contributed by atoms with Gasteiger partial charge in [0.15, 0.2) is 0 Å². The van der Waals surface area contributed by atoms with Crippen LogP contribution in [-0.2, 0) is 0 Å². The standard InChI is InChI=1S/C15H22Cl2N2O/c1-2-19-7-3-4-12(10-19)18-9-15(20)11-5-6-13(16)14(17)8-11/h5-6,8,12,15,18,20H,2-4,7,9-10H2,1H3/t12?,15-/m1/s1. The minimum Gasteiger partial charge on any atom is -0.387 e. The average molecular weight is 317 g/mol. The zero-order chi connectivity index (χ0) is 14.5. The second-order valence-corrected chi connectivity index (χ2v) is 6.14. The van der Waals surface area contributed by atoms with Crippen LogP contribution in [0.3, 0.4) is 0 Å². The highest BCUT2D eigenvalue weighted by Crippen LogP contribution is 2.25. The number of rotatable bonds is 5. The molecule has 0 radical (unpaired) electrons. The summed E-state index contributed by atoms with van der Waals surface area (Å²) in [5.74, 6) is 0. The first-order chi connectivity index (χ1) is 9.60. The van der Waals surface area contributed by atoms with Crippen molar-refractivity contribution in [2.75, 3.05) is 26.2 Å². The van der Waals surface area contributed by atoms with Gasteiger partial charge in [-0.25, -0.2) is 0 Å². The van der Waals surface area contributed by atoms with E-state index in [1.807, 2.05) is 6.07 Å². The quantitative estimate of drug-likeness (QED) is 0.876. The third kappa shape index (κ3) is 4.34. The van der Waals surface area contributed by atoms with E-state index in [1.54, 1.807) is 12.1 Å². The number of piperidine rings is 1. The van der Waals surface area contributed by atoms with Gasteiger partial charge in [0.2, 0.25) is 0 Å². The van der Waals surface area contributed by atoms with E-state index in [0.717, 1.165) is 18.7 Å². The van der Waals surface area contributed by atoms with Gasteiger partial charge >= 0.3 is 0 Å². The van der Waals surface area contributed by atoms with E-state index in [4.69, 9.17) is 23.2 Å². The van der Waals surface area contributed by atoms with E-state index in [2.05, 4.69) is 17.1 Å². The van der Waals surface area contributed by atoms with Crippen molar-refractivity contribution in [3.05, 3.63) is 33.8 Å². The Labute approximate surface area is 130 Å². The molecule has 2 atom stereocenters. The Morgan fingerprint density at radius 1 is 1.40 bits per heavy atom. The molecule has 1 saturated heterocycles. The molecule has 0 aliphatic carbocycles. The van der Waals surface area contributed by atoms with Gasteiger partial charge in [-0.2, -0.15) is 0 Å². The molecule has 0 spiro atoms. The second kappa shape index (κ2) is 7.62. The molecule has 1 aromatic rings. The number of likely N-dealkylation sites (N-methyl/N-ethyl adjacent to an activating group) is 1. The van der Waals surface area contributed by atoms with Crippen molar-refractivity contribution in [3.8, 4) is 0 Å². The first-order valence-electron chi connectivity index (χ1n) is 7.19. The molecule has 0 saturated carbocycles. The van der Waals surface area contributed by atoms with Gasteiger partial charge in [0.25, 0.3) is 0 Å². The molecule has 0 amide bonds.